The molecule has 0 bridgehead atoms. The number of piperidine rings is 1. The van der Waals surface area contributed by atoms with E-state index in [0.29, 0.717) is 5.92 Å². The van der Waals surface area contributed by atoms with E-state index in [2.05, 4.69) is 36.4 Å². The number of hydrogen-bond acceptors (Lipinski definition) is 3. The van der Waals surface area contributed by atoms with Gasteiger partial charge in [0.25, 0.3) is 0 Å². The molecule has 4 nitrogen and oxygen atoms in total. The van der Waals surface area contributed by atoms with Crippen molar-refractivity contribution < 1.29 is 4.79 Å². The minimum absolute atomic E-state index is 0.0787. The fraction of sp³-hybridized carbons (Fsp3) is 0.933. The van der Waals surface area contributed by atoms with Crippen LogP contribution in [0.3, 0.4) is 0 Å². The van der Waals surface area contributed by atoms with Crippen molar-refractivity contribution in [2.24, 2.45) is 11.8 Å². The Bertz CT molecular complexity index is 260. The van der Waals surface area contributed by atoms with Crippen LogP contribution in [-0.2, 0) is 4.79 Å². The van der Waals surface area contributed by atoms with Crippen molar-refractivity contribution >= 4 is 5.91 Å². The number of nitrogens with zero attached hydrogens (tertiary/aromatic N) is 1. The van der Waals surface area contributed by atoms with Gasteiger partial charge in [0.2, 0.25) is 5.91 Å². The number of likely N-dealkylation sites (tertiary alicyclic amines) is 1. The first-order valence-electron chi connectivity index (χ1n) is 7.68. The van der Waals surface area contributed by atoms with Gasteiger partial charge in [-0.1, -0.05) is 13.8 Å². The summed E-state index contributed by atoms with van der Waals surface area (Å²) in [5.41, 5.74) is 0. The van der Waals surface area contributed by atoms with Gasteiger partial charge in [-0.05, 0) is 64.7 Å². The van der Waals surface area contributed by atoms with Gasteiger partial charge < -0.3 is 15.5 Å². The third-order valence-electron chi connectivity index (χ3n) is 3.92. The molecular formula is C15H31N3O. The van der Waals surface area contributed by atoms with Crippen LogP contribution in [0.5, 0.6) is 0 Å². The van der Waals surface area contributed by atoms with E-state index in [0.717, 1.165) is 19.0 Å². The first-order chi connectivity index (χ1) is 8.99. The molecule has 1 fully saturated rings. The second-order valence-corrected chi connectivity index (χ2v) is 6.35. The molecule has 0 spiro atoms. The van der Waals surface area contributed by atoms with Gasteiger partial charge in [-0.15, -0.1) is 0 Å². The molecule has 0 aromatic heterocycles. The minimum atomic E-state index is -0.0787. The summed E-state index contributed by atoms with van der Waals surface area (Å²) in [6.45, 7) is 10.3. The van der Waals surface area contributed by atoms with Crippen molar-refractivity contribution in [3.05, 3.63) is 0 Å². The quantitative estimate of drug-likeness (QED) is 0.735. The standard InChI is InChI=1S/C15H31N3O/c1-12(2)11-17-15(19)13(3)16-8-5-14-6-9-18(4)10-7-14/h12-14,16H,5-11H2,1-4H3,(H,17,19). The highest BCUT2D eigenvalue weighted by molar-refractivity contribution is 5.81. The van der Waals surface area contributed by atoms with Crippen LogP contribution in [0.4, 0.5) is 0 Å². The predicted octanol–water partition coefficient (Wildman–Crippen LogP) is 1.47. The maximum atomic E-state index is 11.8. The first kappa shape index (κ1) is 16.4. The van der Waals surface area contributed by atoms with E-state index >= 15 is 0 Å². The third kappa shape index (κ3) is 6.92. The highest BCUT2D eigenvalue weighted by Crippen LogP contribution is 2.18. The SMILES string of the molecule is CC(C)CNC(=O)C(C)NCCC1CCN(C)CC1. The molecule has 1 unspecified atom stereocenters. The van der Waals surface area contributed by atoms with Crippen molar-refractivity contribution in [3.8, 4) is 0 Å². The first-order valence-corrected chi connectivity index (χ1v) is 7.68. The van der Waals surface area contributed by atoms with E-state index in [1.165, 1.54) is 32.4 Å². The molecule has 1 heterocycles. The number of amides is 1. The fourth-order valence-corrected chi connectivity index (χ4v) is 2.41. The lowest BCUT2D eigenvalue weighted by molar-refractivity contribution is -0.122. The summed E-state index contributed by atoms with van der Waals surface area (Å²) in [5.74, 6) is 1.46. The van der Waals surface area contributed by atoms with E-state index in [4.69, 9.17) is 0 Å². The van der Waals surface area contributed by atoms with Crippen LogP contribution in [-0.4, -0.2) is 50.1 Å². The van der Waals surface area contributed by atoms with Crippen LogP contribution in [0.15, 0.2) is 0 Å². The summed E-state index contributed by atoms with van der Waals surface area (Å²) in [4.78, 5) is 14.2. The van der Waals surface area contributed by atoms with Crippen molar-refractivity contribution in [2.45, 2.75) is 46.1 Å². The molecule has 1 aliphatic rings. The molecule has 0 aromatic carbocycles. The zero-order chi connectivity index (χ0) is 14.3. The molecule has 112 valence electrons. The summed E-state index contributed by atoms with van der Waals surface area (Å²) in [5, 5.41) is 6.31. The van der Waals surface area contributed by atoms with Crippen LogP contribution in [0, 0.1) is 11.8 Å². The molecule has 0 aromatic rings. The van der Waals surface area contributed by atoms with Gasteiger partial charge >= 0.3 is 0 Å². The number of carbonyl (C=O) groups is 1. The maximum absolute atomic E-state index is 11.8. The van der Waals surface area contributed by atoms with Gasteiger partial charge in [-0.3, -0.25) is 4.79 Å². The van der Waals surface area contributed by atoms with Gasteiger partial charge in [0.05, 0.1) is 6.04 Å². The van der Waals surface area contributed by atoms with Gasteiger partial charge in [0.1, 0.15) is 0 Å². The Morgan fingerprint density at radius 2 is 1.89 bits per heavy atom. The molecule has 1 atom stereocenters. The van der Waals surface area contributed by atoms with Gasteiger partial charge in [0, 0.05) is 6.54 Å². The second-order valence-electron chi connectivity index (χ2n) is 6.35. The van der Waals surface area contributed by atoms with Crippen LogP contribution < -0.4 is 10.6 Å². The van der Waals surface area contributed by atoms with Crippen molar-refractivity contribution in [1.82, 2.24) is 15.5 Å². The lowest BCUT2D eigenvalue weighted by Gasteiger charge is -2.29. The molecule has 19 heavy (non-hydrogen) atoms. The highest BCUT2D eigenvalue weighted by atomic mass is 16.2. The van der Waals surface area contributed by atoms with E-state index in [-0.39, 0.29) is 11.9 Å². The Balaban J connectivity index is 2.09. The lowest BCUT2D eigenvalue weighted by Crippen LogP contribution is -2.44. The van der Waals surface area contributed by atoms with Crippen molar-refractivity contribution in [2.75, 3.05) is 33.2 Å². The van der Waals surface area contributed by atoms with Crippen LogP contribution in [0.25, 0.3) is 0 Å². The van der Waals surface area contributed by atoms with Crippen molar-refractivity contribution in [1.29, 1.82) is 0 Å². The van der Waals surface area contributed by atoms with Crippen molar-refractivity contribution in [3.63, 3.8) is 0 Å². The number of carbonyl (C=O) groups excluding carboxylic acids is 1. The average molecular weight is 269 g/mol. The van der Waals surface area contributed by atoms with Crippen LogP contribution in [0.1, 0.15) is 40.0 Å². The molecule has 4 heteroatoms. The summed E-state index contributed by atoms with van der Waals surface area (Å²) < 4.78 is 0. The summed E-state index contributed by atoms with van der Waals surface area (Å²) >= 11 is 0. The Labute approximate surface area is 118 Å². The zero-order valence-electron chi connectivity index (χ0n) is 13.0. The Hall–Kier alpha value is -0.610. The number of rotatable bonds is 7. The maximum Gasteiger partial charge on any atom is 0.236 e. The average Bonchev–Trinajstić information content (AvgIpc) is 2.38. The van der Waals surface area contributed by atoms with Gasteiger partial charge in [-0.25, -0.2) is 0 Å². The smallest absolute Gasteiger partial charge is 0.236 e. The van der Waals surface area contributed by atoms with E-state index < -0.39 is 0 Å². The molecule has 0 aliphatic carbocycles. The van der Waals surface area contributed by atoms with E-state index in [9.17, 15) is 4.79 Å². The largest absolute Gasteiger partial charge is 0.354 e. The number of nitrogens with one attached hydrogen (secondary N) is 2. The molecule has 1 aliphatic heterocycles. The fourth-order valence-electron chi connectivity index (χ4n) is 2.41. The third-order valence-corrected chi connectivity index (χ3v) is 3.92. The summed E-state index contributed by atoms with van der Waals surface area (Å²) in [6.07, 6.45) is 3.79. The monoisotopic (exact) mass is 269 g/mol. The molecule has 0 saturated carbocycles. The molecular weight excluding hydrogens is 238 g/mol. The Morgan fingerprint density at radius 3 is 2.47 bits per heavy atom. The number of hydrogen-bond donors (Lipinski definition) is 2. The summed E-state index contributed by atoms with van der Waals surface area (Å²) in [7, 11) is 2.19. The molecule has 0 radical (unpaired) electrons. The Kier molecular flexibility index (Phi) is 7.39. The molecule has 1 rings (SSSR count). The van der Waals surface area contributed by atoms with Gasteiger partial charge in [0.15, 0.2) is 0 Å². The van der Waals surface area contributed by atoms with Gasteiger partial charge in [-0.2, -0.15) is 0 Å². The highest BCUT2D eigenvalue weighted by Gasteiger charge is 2.17. The molecule has 1 saturated heterocycles. The van der Waals surface area contributed by atoms with E-state index in [1.807, 2.05) is 6.92 Å². The topological polar surface area (TPSA) is 44.4 Å². The normalized spacial score (nSPS) is 19.6. The van der Waals surface area contributed by atoms with E-state index in [1.54, 1.807) is 0 Å². The summed E-state index contributed by atoms with van der Waals surface area (Å²) in [6, 6.07) is -0.0787. The lowest BCUT2D eigenvalue weighted by atomic mass is 9.94. The molecule has 2 N–H and O–H groups in total. The minimum Gasteiger partial charge on any atom is -0.354 e. The predicted molar refractivity (Wildman–Crippen MR) is 80.2 cm³/mol. The van der Waals surface area contributed by atoms with Crippen LogP contribution >= 0.6 is 0 Å². The second kappa shape index (κ2) is 8.54. The zero-order valence-corrected chi connectivity index (χ0v) is 13.0. The van der Waals surface area contributed by atoms with Crippen LogP contribution in [0.2, 0.25) is 0 Å². The Morgan fingerprint density at radius 1 is 1.26 bits per heavy atom. The molecule has 1 amide bonds.